The van der Waals surface area contributed by atoms with Gasteiger partial charge in [-0.05, 0) is 50.8 Å². The molecule has 0 aliphatic carbocycles. The van der Waals surface area contributed by atoms with Crippen LogP contribution >= 0.6 is 0 Å². The summed E-state index contributed by atoms with van der Waals surface area (Å²) in [5.74, 6) is 0.918. The highest BCUT2D eigenvalue weighted by molar-refractivity contribution is 5.25. The summed E-state index contributed by atoms with van der Waals surface area (Å²) >= 11 is 0. The zero-order chi connectivity index (χ0) is 13.7. The van der Waals surface area contributed by atoms with E-state index in [1.807, 2.05) is 0 Å². The van der Waals surface area contributed by atoms with Gasteiger partial charge in [0, 0.05) is 12.6 Å². The number of likely N-dealkylation sites (tertiary alicyclic amines) is 1. The second-order valence-electron chi connectivity index (χ2n) is 5.91. The van der Waals surface area contributed by atoms with Crippen LogP contribution in [0.2, 0.25) is 0 Å². The van der Waals surface area contributed by atoms with Crippen LogP contribution in [0.5, 0.6) is 0 Å². The third-order valence-corrected chi connectivity index (χ3v) is 4.55. The molecular formula is C17H28N2. The number of nitrogens with zero attached hydrogens (tertiary/aromatic N) is 1. The molecule has 2 unspecified atom stereocenters. The standard InChI is InChI=1S/C17H28N2/c1-3-15-7-5-10-19(11-9-15)17(13-18)16-8-4-6-14(2)12-16/h4,6,8,12,15,17H,3,5,7,9-11,13,18H2,1-2H3. The van der Waals surface area contributed by atoms with E-state index in [1.165, 1.54) is 49.9 Å². The number of nitrogens with two attached hydrogens (primary N) is 1. The van der Waals surface area contributed by atoms with Gasteiger partial charge in [-0.3, -0.25) is 4.90 Å². The van der Waals surface area contributed by atoms with Crippen molar-refractivity contribution in [3.05, 3.63) is 35.4 Å². The van der Waals surface area contributed by atoms with Gasteiger partial charge in [-0.15, -0.1) is 0 Å². The van der Waals surface area contributed by atoms with Crippen molar-refractivity contribution in [2.75, 3.05) is 19.6 Å². The van der Waals surface area contributed by atoms with Crippen molar-refractivity contribution in [1.29, 1.82) is 0 Å². The van der Waals surface area contributed by atoms with Crippen molar-refractivity contribution in [2.45, 2.75) is 45.6 Å². The number of aryl methyl sites for hydroxylation is 1. The molecule has 1 saturated heterocycles. The minimum absolute atomic E-state index is 0.399. The average Bonchev–Trinajstić information content (AvgIpc) is 2.65. The number of hydrogen-bond acceptors (Lipinski definition) is 2. The summed E-state index contributed by atoms with van der Waals surface area (Å²) in [7, 11) is 0. The maximum absolute atomic E-state index is 6.06. The van der Waals surface area contributed by atoms with Crippen LogP contribution in [0.3, 0.4) is 0 Å². The van der Waals surface area contributed by atoms with Gasteiger partial charge in [-0.25, -0.2) is 0 Å². The Morgan fingerprint density at radius 3 is 2.84 bits per heavy atom. The predicted octanol–water partition coefficient (Wildman–Crippen LogP) is 3.51. The highest BCUT2D eigenvalue weighted by atomic mass is 15.2. The fraction of sp³-hybridized carbons (Fsp3) is 0.647. The van der Waals surface area contributed by atoms with E-state index in [0.717, 1.165) is 12.5 Å². The Kier molecular flexibility index (Phi) is 5.41. The van der Waals surface area contributed by atoms with Crippen LogP contribution in [0.25, 0.3) is 0 Å². The first-order valence-corrected chi connectivity index (χ1v) is 7.75. The Hall–Kier alpha value is -0.860. The molecule has 2 atom stereocenters. The summed E-state index contributed by atoms with van der Waals surface area (Å²) in [6.07, 6.45) is 5.36. The zero-order valence-corrected chi connectivity index (χ0v) is 12.4. The molecule has 1 aliphatic heterocycles. The van der Waals surface area contributed by atoms with Gasteiger partial charge in [0.25, 0.3) is 0 Å². The third-order valence-electron chi connectivity index (χ3n) is 4.55. The Morgan fingerprint density at radius 1 is 1.32 bits per heavy atom. The quantitative estimate of drug-likeness (QED) is 0.897. The molecule has 2 N–H and O–H groups in total. The van der Waals surface area contributed by atoms with Gasteiger partial charge in [0.2, 0.25) is 0 Å². The van der Waals surface area contributed by atoms with E-state index in [1.54, 1.807) is 0 Å². The lowest BCUT2D eigenvalue weighted by Crippen LogP contribution is -2.34. The average molecular weight is 260 g/mol. The highest BCUT2D eigenvalue weighted by Crippen LogP contribution is 2.27. The van der Waals surface area contributed by atoms with Crippen LogP contribution in [-0.2, 0) is 0 Å². The van der Waals surface area contributed by atoms with Gasteiger partial charge in [0.15, 0.2) is 0 Å². The van der Waals surface area contributed by atoms with Crippen LogP contribution in [0.15, 0.2) is 24.3 Å². The van der Waals surface area contributed by atoms with Crippen molar-refractivity contribution < 1.29 is 0 Å². The molecule has 1 aromatic carbocycles. The lowest BCUT2D eigenvalue weighted by atomic mass is 9.98. The topological polar surface area (TPSA) is 29.3 Å². The molecule has 0 aromatic heterocycles. The first-order chi connectivity index (χ1) is 9.24. The molecule has 2 rings (SSSR count). The first-order valence-electron chi connectivity index (χ1n) is 7.75. The van der Waals surface area contributed by atoms with E-state index in [-0.39, 0.29) is 0 Å². The van der Waals surface area contributed by atoms with Crippen LogP contribution in [0, 0.1) is 12.8 Å². The summed E-state index contributed by atoms with van der Waals surface area (Å²) in [4.78, 5) is 2.60. The van der Waals surface area contributed by atoms with Crippen LogP contribution in [0.1, 0.15) is 49.8 Å². The maximum Gasteiger partial charge on any atom is 0.0470 e. The number of hydrogen-bond donors (Lipinski definition) is 1. The minimum Gasteiger partial charge on any atom is -0.329 e. The summed E-state index contributed by atoms with van der Waals surface area (Å²) in [5.41, 5.74) is 8.78. The van der Waals surface area contributed by atoms with Gasteiger partial charge in [0.05, 0.1) is 0 Å². The number of benzene rings is 1. The molecule has 1 aliphatic rings. The molecule has 19 heavy (non-hydrogen) atoms. The molecule has 0 saturated carbocycles. The molecule has 106 valence electrons. The SMILES string of the molecule is CCC1CCCN(C(CN)c2cccc(C)c2)CC1. The third kappa shape index (κ3) is 3.80. The van der Waals surface area contributed by atoms with Gasteiger partial charge in [-0.2, -0.15) is 0 Å². The van der Waals surface area contributed by atoms with Gasteiger partial charge in [-0.1, -0.05) is 43.2 Å². The van der Waals surface area contributed by atoms with E-state index in [2.05, 4.69) is 43.0 Å². The normalized spacial score (nSPS) is 23.0. The van der Waals surface area contributed by atoms with Crippen molar-refractivity contribution in [3.63, 3.8) is 0 Å². The number of rotatable bonds is 4. The Balaban J connectivity index is 2.09. The van der Waals surface area contributed by atoms with Crippen molar-refractivity contribution in [2.24, 2.45) is 11.7 Å². The Labute approximate surface area is 118 Å². The van der Waals surface area contributed by atoms with Crippen LogP contribution < -0.4 is 5.73 Å². The Bertz CT molecular complexity index is 389. The van der Waals surface area contributed by atoms with Crippen molar-refractivity contribution >= 4 is 0 Å². The molecule has 1 aromatic rings. The first kappa shape index (κ1) is 14.5. The van der Waals surface area contributed by atoms with E-state index in [9.17, 15) is 0 Å². The molecule has 2 heteroatoms. The highest BCUT2D eigenvalue weighted by Gasteiger charge is 2.22. The maximum atomic E-state index is 6.06. The van der Waals surface area contributed by atoms with E-state index in [0.29, 0.717) is 6.04 Å². The molecule has 1 heterocycles. The summed E-state index contributed by atoms with van der Waals surface area (Å²) in [6.45, 7) is 7.61. The molecule has 0 bridgehead atoms. The Morgan fingerprint density at radius 2 is 2.16 bits per heavy atom. The smallest absolute Gasteiger partial charge is 0.0470 e. The monoisotopic (exact) mass is 260 g/mol. The molecule has 0 amide bonds. The molecule has 0 spiro atoms. The predicted molar refractivity (Wildman–Crippen MR) is 82.2 cm³/mol. The second-order valence-corrected chi connectivity index (χ2v) is 5.91. The van der Waals surface area contributed by atoms with Gasteiger partial charge in [0.1, 0.15) is 0 Å². The summed E-state index contributed by atoms with van der Waals surface area (Å²) in [5, 5.41) is 0. The van der Waals surface area contributed by atoms with Crippen LogP contribution in [-0.4, -0.2) is 24.5 Å². The lowest BCUT2D eigenvalue weighted by Gasteiger charge is -2.30. The second kappa shape index (κ2) is 7.06. The molecule has 2 nitrogen and oxygen atoms in total. The zero-order valence-electron chi connectivity index (χ0n) is 12.4. The van der Waals surface area contributed by atoms with Crippen LogP contribution in [0.4, 0.5) is 0 Å². The van der Waals surface area contributed by atoms with Gasteiger partial charge >= 0.3 is 0 Å². The lowest BCUT2D eigenvalue weighted by molar-refractivity contribution is 0.206. The molecule has 1 fully saturated rings. The fourth-order valence-corrected chi connectivity index (χ4v) is 3.28. The summed E-state index contributed by atoms with van der Waals surface area (Å²) < 4.78 is 0. The van der Waals surface area contributed by atoms with E-state index >= 15 is 0 Å². The summed E-state index contributed by atoms with van der Waals surface area (Å²) in [6, 6.07) is 9.23. The van der Waals surface area contributed by atoms with E-state index < -0.39 is 0 Å². The van der Waals surface area contributed by atoms with Crippen molar-refractivity contribution in [3.8, 4) is 0 Å². The van der Waals surface area contributed by atoms with Crippen molar-refractivity contribution in [1.82, 2.24) is 4.90 Å². The van der Waals surface area contributed by atoms with Gasteiger partial charge < -0.3 is 5.73 Å². The van der Waals surface area contributed by atoms with E-state index in [4.69, 9.17) is 5.73 Å². The molecule has 0 radical (unpaired) electrons. The fourth-order valence-electron chi connectivity index (χ4n) is 3.28. The molecular weight excluding hydrogens is 232 g/mol. The minimum atomic E-state index is 0.399. The largest absolute Gasteiger partial charge is 0.329 e.